The fraction of sp³-hybridized carbons (Fsp3) is 0.375. The summed E-state index contributed by atoms with van der Waals surface area (Å²) in [5, 5.41) is 0. The molecule has 0 unspecified atom stereocenters. The van der Waals surface area contributed by atoms with Crippen LogP contribution in [0.2, 0.25) is 0 Å². The molecular formula is C24H25F6N2O+. The Hall–Kier alpha value is -2.81. The number of halogens is 6. The van der Waals surface area contributed by atoms with E-state index in [-0.39, 0.29) is 16.8 Å². The van der Waals surface area contributed by atoms with Gasteiger partial charge in [0.2, 0.25) is 0 Å². The molecule has 178 valence electrons. The normalized spacial score (nSPS) is 13.0. The van der Waals surface area contributed by atoms with Crippen LogP contribution in [0.1, 0.15) is 33.4 Å². The Morgan fingerprint density at radius 3 is 1.73 bits per heavy atom. The first-order valence-corrected chi connectivity index (χ1v) is 10.1. The Bertz CT molecular complexity index is 1150. The zero-order valence-electron chi connectivity index (χ0n) is 19.1. The van der Waals surface area contributed by atoms with Crippen LogP contribution in [0.25, 0.3) is 11.4 Å². The molecule has 3 aromatic rings. The molecule has 0 aliphatic carbocycles. The van der Waals surface area contributed by atoms with Gasteiger partial charge in [-0.1, -0.05) is 29.3 Å². The second kappa shape index (κ2) is 8.20. The second-order valence-corrected chi connectivity index (χ2v) is 8.33. The lowest BCUT2D eigenvalue weighted by molar-refractivity contribution is -0.595. The summed E-state index contributed by atoms with van der Waals surface area (Å²) in [6.07, 6.45) is -6.99. The van der Waals surface area contributed by atoms with E-state index >= 15 is 0 Å². The molecule has 1 aromatic heterocycles. The van der Waals surface area contributed by atoms with Crippen molar-refractivity contribution in [2.45, 2.75) is 52.6 Å². The summed E-state index contributed by atoms with van der Waals surface area (Å²) >= 11 is 0. The second-order valence-electron chi connectivity index (χ2n) is 8.33. The zero-order chi connectivity index (χ0) is 24.9. The Labute approximate surface area is 188 Å². The van der Waals surface area contributed by atoms with Gasteiger partial charge in [-0.3, -0.25) is 0 Å². The van der Waals surface area contributed by atoms with E-state index in [2.05, 4.69) is 4.74 Å². The average molecular weight is 471 g/mol. The summed E-state index contributed by atoms with van der Waals surface area (Å²) in [6.45, 7) is 8.66. The summed E-state index contributed by atoms with van der Waals surface area (Å²) in [7, 11) is 0.428. The number of nitrogens with zero attached hydrogens (tertiary/aromatic N) is 2. The highest BCUT2D eigenvalue weighted by Gasteiger charge is 2.74. The van der Waals surface area contributed by atoms with Crippen LogP contribution < -0.4 is 4.57 Å². The maximum absolute atomic E-state index is 14.1. The molecular weight excluding hydrogens is 446 g/mol. The van der Waals surface area contributed by atoms with E-state index in [1.165, 1.54) is 30.9 Å². The molecule has 0 spiro atoms. The third kappa shape index (κ3) is 4.03. The fourth-order valence-electron chi connectivity index (χ4n) is 4.58. The molecule has 0 radical (unpaired) electrons. The summed E-state index contributed by atoms with van der Waals surface area (Å²) in [6, 6.07) is 6.34. The third-order valence-corrected chi connectivity index (χ3v) is 5.72. The van der Waals surface area contributed by atoms with E-state index in [0.717, 1.165) is 28.4 Å². The zero-order valence-corrected chi connectivity index (χ0v) is 19.1. The van der Waals surface area contributed by atoms with Gasteiger partial charge >= 0.3 is 12.4 Å². The highest BCUT2D eigenvalue weighted by atomic mass is 19.4. The van der Waals surface area contributed by atoms with Gasteiger partial charge in [-0.25, -0.2) is 9.13 Å². The van der Waals surface area contributed by atoms with Crippen molar-refractivity contribution in [2.24, 2.45) is 0 Å². The van der Waals surface area contributed by atoms with Gasteiger partial charge in [-0.2, -0.15) is 26.3 Å². The number of benzene rings is 2. The Balaban J connectivity index is 2.34. The smallest absolute Gasteiger partial charge is 0.357 e. The predicted molar refractivity (Wildman–Crippen MR) is 112 cm³/mol. The van der Waals surface area contributed by atoms with Crippen LogP contribution in [0.3, 0.4) is 0 Å². The lowest BCUT2D eigenvalue weighted by Gasteiger charge is -2.37. The molecule has 3 nitrogen and oxygen atoms in total. The van der Waals surface area contributed by atoms with Crippen LogP contribution in [-0.4, -0.2) is 24.0 Å². The highest BCUT2D eigenvalue weighted by Crippen LogP contribution is 2.54. The number of aromatic nitrogens is 2. The summed E-state index contributed by atoms with van der Waals surface area (Å²) in [5.41, 5.74) is -1.54. The molecule has 0 atom stereocenters. The quantitative estimate of drug-likeness (QED) is 0.324. The molecule has 1 heterocycles. The van der Waals surface area contributed by atoms with Crippen molar-refractivity contribution >= 4 is 0 Å². The number of hydrogen-bond donors (Lipinski definition) is 0. The molecule has 0 saturated heterocycles. The van der Waals surface area contributed by atoms with Crippen molar-refractivity contribution in [2.75, 3.05) is 7.11 Å². The van der Waals surface area contributed by atoms with Gasteiger partial charge in [0.15, 0.2) is 0 Å². The van der Waals surface area contributed by atoms with Crippen molar-refractivity contribution in [3.8, 4) is 11.4 Å². The number of alkyl halides is 6. The van der Waals surface area contributed by atoms with E-state index in [0.29, 0.717) is 7.11 Å². The number of imidazole rings is 1. The Morgan fingerprint density at radius 1 is 0.758 bits per heavy atom. The van der Waals surface area contributed by atoms with Crippen LogP contribution in [0.4, 0.5) is 26.3 Å². The molecule has 9 heteroatoms. The summed E-state index contributed by atoms with van der Waals surface area (Å²) in [5.74, 6) is 0. The SMILES string of the molecule is COC(c1cc(C)cc(C)c1-n1cc[n+](-c2c(C)cc(C)cc2C)c1)(C(F)(F)F)C(F)(F)F. The van der Waals surface area contributed by atoms with E-state index in [1.54, 1.807) is 16.8 Å². The molecule has 0 aliphatic heterocycles. The van der Waals surface area contributed by atoms with Gasteiger partial charge in [0.05, 0.1) is 5.56 Å². The molecule has 0 amide bonds. The molecule has 0 fully saturated rings. The van der Waals surface area contributed by atoms with Gasteiger partial charge in [-0.15, -0.1) is 0 Å². The van der Waals surface area contributed by atoms with Crippen molar-refractivity contribution in [1.29, 1.82) is 0 Å². The molecule has 2 aromatic carbocycles. The maximum atomic E-state index is 14.1. The number of rotatable bonds is 4. The van der Waals surface area contributed by atoms with Gasteiger partial charge in [0.25, 0.3) is 11.9 Å². The van der Waals surface area contributed by atoms with Gasteiger partial charge < -0.3 is 4.74 Å². The molecule has 0 bridgehead atoms. The van der Waals surface area contributed by atoms with E-state index < -0.39 is 23.5 Å². The lowest BCUT2D eigenvalue weighted by atomic mass is 9.87. The minimum Gasteiger partial charge on any atom is -0.357 e. The van der Waals surface area contributed by atoms with Crippen LogP contribution in [-0.2, 0) is 10.3 Å². The Kier molecular flexibility index (Phi) is 6.17. The van der Waals surface area contributed by atoms with Crippen LogP contribution in [0.5, 0.6) is 0 Å². The number of hydrogen-bond acceptors (Lipinski definition) is 1. The van der Waals surface area contributed by atoms with Crippen molar-refractivity contribution in [3.05, 3.63) is 76.4 Å². The summed E-state index contributed by atoms with van der Waals surface area (Å²) < 4.78 is 91.7. The van der Waals surface area contributed by atoms with Gasteiger partial charge in [0.1, 0.15) is 23.8 Å². The van der Waals surface area contributed by atoms with Crippen molar-refractivity contribution < 1.29 is 35.6 Å². The van der Waals surface area contributed by atoms with Crippen molar-refractivity contribution in [1.82, 2.24) is 4.57 Å². The topological polar surface area (TPSA) is 18.0 Å². The maximum Gasteiger partial charge on any atom is 0.431 e. The first-order chi connectivity index (χ1) is 15.1. The molecule has 0 N–H and O–H groups in total. The van der Waals surface area contributed by atoms with Crippen LogP contribution in [0.15, 0.2) is 43.0 Å². The number of ether oxygens (including phenoxy) is 1. The standard InChI is InChI=1S/C24H25F6N2O/c1-14-9-16(3)20(17(4)10-14)31-7-8-32(13-31)21-18(5)11-15(2)12-19(21)22(33-6,23(25,26)27)24(28,29)30/h7-13H,1-6H3/q+1. The van der Waals surface area contributed by atoms with Crippen LogP contribution >= 0.6 is 0 Å². The summed E-state index contributed by atoms with van der Waals surface area (Å²) in [4.78, 5) is 0. The first kappa shape index (κ1) is 24.8. The van der Waals surface area contributed by atoms with Gasteiger partial charge in [0, 0.05) is 7.11 Å². The Morgan fingerprint density at radius 2 is 1.24 bits per heavy atom. The van der Waals surface area contributed by atoms with Gasteiger partial charge in [-0.05, 0) is 57.4 Å². The third-order valence-electron chi connectivity index (χ3n) is 5.72. The average Bonchev–Trinajstić information content (AvgIpc) is 3.07. The largest absolute Gasteiger partial charge is 0.431 e. The lowest BCUT2D eigenvalue weighted by Crippen LogP contribution is -2.56. The minimum absolute atomic E-state index is 0.238. The fourth-order valence-corrected chi connectivity index (χ4v) is 4.58. The molecule has 33 heavy (non-hydrogen) atoms. The van der Waals surface area contributed by atoms with Crippen LogP contribution in [0, 0.1) is 34.6 Å². The number of aryl methyl sites for hydroxylation is 5. The molecule has 3 rings (SSSR count). The highest BCUT2D eigenvalue weighted by molar-refractivity contribution is 5.54. The minimum atomic E-state index is -5.75. The monoisotopic (exact) mass is 471 g/mol. The van der Waals surface area contributed by atoms with E-state index in [4.69, 9.17) is 0 Å². The van der Waals surface area contributed by atoms with E-state index in [9.17, 15) is 26.3 Å². The first-order valence-electron chi connectivity index (χ1n) is 10.1. The number of methoxy groups -OCH3 is 1. The van der Waals surface area contributed by atoms with Crippen molar-refractivity contribution in [3.63, 3.8) is 0 Å². The molecule has 0 aliphatic rings. The predicted octanol–water partition coefficient (Wildman–Crippen LogP) is 6.26. The van der Waals surface area contributed by atoms with E-state index in [1.807, 2.05) is 32.9 Å². The molecule has 0 saturated carbocycles.